The molecule has 1 aliphatic heterocycles. The van der Waals surface area contributed by atoms with Crippen LogP contribution in [0.15, 0.2) is 24.3 Å². The van der Waals surface area contributed by atoms with Crippen molar-refractivity contribution in [3.63, 3.8) is 0 Å². The van der Waals surface area contributed by atoms with Gasteiger partial charge in [-0.15, -0.1) is 0 Å². The molecule has 1 aromatic carbocycles. The Labute approximate surface area is 91.1 Å². The lowest BCUT2D eigenvalue weighted by Gasteiger charge is -2.29. The number of para-hydroxylation sites is 2. The molecule has 0 aromatic heterocycles. The second kappa shape index (κ2) is 3.44. The summed E-state index contributed by atoms with van der Waals surface area (Å²) < 4.78 is 0. The molecule has 1 aromatic rings. The predicted octanol–water partition coefficient (Wildman–Crippen LogP) is 3.23. The number of hydrogen-bond donors (Lipinski definition) is 2. The first-order chi connectivity index (χ1) is 7.38. The molecule has 1 heterocycles. The van der Waals surface area contributed by atoms with Gasteiger partial charge in [-0.05, 0) is 31.4 Å². The molecule has 3 rings (SSSR count). The average molecular weight is 202 g/mol. The Morgan fingerprint density at radius 3 is 2.47 bits per heavy atom. The highest BCUT2D eigenvalue weighted by atomic mass is 15.1. The van der Waals surface area contributed by atoms with Gasteiger partial charge in [-0.1, -0.05) is 25.0 Å². The molecule has 0 amide bonds. The fourth-order valence-corrected chi connectivity index (χ4v) is 2.96. The fourth-order valence-electron chi connectivity index (χ4n) is 2.96. The van der Waals surface area contributed by atoms with Crippen molar-refractivity contribution in [2.75, 3.05) is 17.2 Å². The molecule has 0 unspecified atom stereocenters. The first-order valence-electron chi connectivity index (χ1n) is 5.99. The summed E-state index contributed by atoms with van der Waals surface area (Å²) in [6, 6.07) is 8.56. The van der Waals surface area contributed by atoms with E-state index in [2.05, 4.69) is 34.9 Å². The Morgan fingerprint density at radius 1 is 0.933 bits per heavy atom. The summed E-state index contributed by atoms with van der Waals surface area (Å²) in [5, 5.41) is 7.29. The zero-order valence-corrected chi connectivity index (χ0v) is 9.05. The first-order valence-corrected chi connectivity index (χ1v) is 5.99. The van der Waals surface area contributed by atoms with Crippen molar-refractivity contribution in [1.82, 2.24) is 0 Å². The van der Waals surface area contributed by atoms with Crippen molar-refractivity contribution in [1.29, 1.82) is 0 Å². The monoisotopic (exact) mass is 202 g/mol. The molecule has 0 atom stereocenters. The summed E-state index contributed by atoms with van der Waals surface area (Å²) in [5.74, 6) is 0. The standard InChI is InChI=1S/C13H18N2/c1-2-6-12-11(5-1)14-10-9-13(15-12)7-3-4-8-13/h1-2,5-6,14-15H,3-4,7-10H2. The third kappa shape index (κ3) is 1.58. The van der Waals surface area contributed by atoms with E-state index in [0.717, 1.165) is 6.54 Å². The SMILES string of the molecule is c1ccc2c(c1)NCCC1(CCCC1)N2. The average Bonchev–Trinajstić information content (AvgIpc) is 2.61. The van der Waals surface area contributed by atoms with Crippen LogP contribution in [-0.2, 0) is 0 Å². The summed E-state index contributed by atoms with van der Waals surface area (Å²) in [6.45, 7) is 1.10. The minimum absolute atomic E-state index is 0.388. The van der Waals surface area contributed by atoms with Crippen molar-refractivity contribution < 1.29 is 0 Å². The highest BCUT2D eigenvalue weighted by Crippen LogP contribution is 2.39. The van der Waals surface area contributed by atoms with Crippen LogP contribution < -0.4 is 10.6 Å². The third-order valence-corrected chi connectivity index (χ3v) is 3.81. The van der Waals surface area contributed by atoms with Crippen molar-refractivity contribution in [3.05, 3.63) is 24.3 Å². The van der Waals surface area contributed by atoms with Crippen LogP contribution in [0.25, 0.3) is 0 Å². The normalized spacial score (nSPS) is 22.7. The molecule has 80 valence electrons. The van der Waals surface area contributed by atoms with Crippen LogP contribution in [-0.4, -0.2) is 12.1 Å². The largest absolute Gasteiger partial charge is 0.383 e. The van der Waals surface area contributed by atoms with E-state index in [1.54, 1.807) is 0 Å². The number of anilines is 2. The summed E-state index contributed by atoms with van der Waals surface area (Å²) in [5.41, 5.74) is 2.94. The van der Waals surface area contributed by atoms with E-state index in [9.17, 15) is 0 Å². The van der Waals surface area contributed by atoms with Crippen LogP contribution in [0.4, 0.5) is 11.4 Å². The molecule has 1 saturated carbocycles. The molecule has 2 nitrogen and oxygen atoms in total. The van der Waals surface area contributed by atoms with Crippen molar-refractivity contribution in [3.8, 4) is 0 Å². The van der Waals surface area contributed by atoms with Gasteiger partial charge in [0.1, 0.15) is 0 Å². The molecule has 0 saturated heterocycles. The molecule has 1 spiro atoms. The van der Waals surface area contributed by atoms with E-state index in [1.165, 1.54) is 43.5 Å². The van der Waals surface area contributed by atoms with E-state index in [0.29, 0.717) is 5.54 Å². The second-order valence-electron chi connectivity index (χ2n) is 4.83. The van der Waals surface area contributed by atoms with Gasteiger partial charge in [0.25, 0.3) is 0 Å². The maximum Gasteiger partial charge on any atom is 0.0580 e. The van der Waals surface area contributed by atoms with Crippen molar-refractivity contribution in [2.45, 2.75) is 37.6 Å². The summed E-state index contributed by atoms with van der Waals surface area (Å²) in [7, 11) is 0. The zero-order chi connectivity index (χ0) is 10.1. The Bertz CT molecular complexity index is 353. The van der Waals surface area contributed by atoms with Gasteiger partial charge in [-0.2, -0.15) is 0 Å². The summed E-state index contributed by atoms with van der Waals surface area (Å²) in [4.78, 5) is 0. The van der Waals surface area contributed by atoms with E-state index in [-0.39, 0.29) is 0 Å². The highest BCUT2D eigenvalue weighted by molar-refractivity contribution is 5.70. The van der Waals surface area contributed by atoms with Gasteiger partial charge in [0.05, 0.1) is 11.4 Å². The van der Waals surface area contributed by atoms with Crippen LogP contribution in [0.5, 0.6) is 0 Å². The number of benzene rings is 1. The predicted molar refractivity (Wildman–Crippen MR) is 64.4 cm³/mol. The molecular weight excluding hydrogens is 184 g/mol. The minimum atomic E-state index is 0.388. The Balaban J connectivity index is 1.94. The van der Waals surface area contributed by atoms with Gasteiger partial charge in [0, 0.05) is 12.1 Å². The Hall–Kier alpha value is -1.18. The minimum Gasteiger partial charge on any atom is -0.383 e. The molecule has 2 aliphatic rings. The molecule has 15 heavy (non-hydrogen) atoms. The van der Waals surface area contributed by atoms with Crippen LogP contribution in [0.3, 0.4) is 0 Å². The molecule has 1 aliphatic carbocycles. The summed E-state index contributed by atoms with van der Waals surface area (Å²) in [6.07, 6.45) is 6.69. The smallest absolute Gasteiger partial charge is 0.0580 e. The lowest BCUT2D eigenvalue weighted by molar-refractivity contribution is 0.461. The lowest BCUT2D eigenvalue weighted by Crippen LogP contribution is -2.35. The van der Waals surface area contributed by atoms with Gasteiger partial charge < -0.3 is 10.6 Å². The van der Waals surface area contributed by atoms with Gasteiger partial charge in [-0.3, -0.25) is 0 Å². The van der Waals surface area contributed by atoms with Gasteiger partial charge >= 0.3 is 0 Å². The zero-order valence-electron chi connectivity index (χ0n) is 9.05. The van der Waals surface area contributed by atoms with Crippen molar-refractivity contribution in [2.24, 2.45) is 0 Å². The Kier molecular flexibility index (Phi) is 2.08. The molecule has 0 radical (unpaired) electrons. The lowest BCUT2D eigenvalue weighted by atomic mass is 9.93. The van der Waals surface area contributed by atoms with E-state index in [4.69, 9.17) is 0 Å². The molecule has 0 bridgehead atoms. The quantitative estimate of drug-likeness (QED) is 0.675. The molecule has 2 heteroatoms. The third-order valence-electron chi connectivity index (χ3n) is 3.81. The number of nitrogens with one attached hydrogen (secondary N) is 2. The van der Waals surface area contributed by atoms with Gasteiger partial charge in [-0.25, -0.2) is 0 Å². The van der Waals surface area contributed by atoms with Crippen LogP contribution in [0, 0.1) is 0 Å². The highest BCUT2D eigenvalue weighted by Gasteiger charge is 2.34. The summed E-state index contributed by atoms with van der Waals surface area (Å²) >= 11 is 0. The number of rotatable bonds is 0. The van der Waals surface area contributed by atoms with E-state index in [1.807, 2.05) is 0 Å². The molecule has 1 fully saturated rings. The maximum absolute atomic E-state index is 3.77. The van der Waals surface area contributed by atoms with E-state index < -0.39 is 0 Å². The Morgan fingerprint density at radius 2 is 1.67 bits per heavy atom. The first kappa shape index (κ1) is 9.08. The topological polar surface area (TPSA) is 24.1 Å². The fraction of sp³-hybridized carbons (Fsp3) is 0.538. The van der Waals surface area contributed by atoms with E-state index >= 15 is 0 Å². The van der Waals surface area contributed by atoms with Crippen molar-refractivity contribution >= 4 is 11.4 Å². The van der Waals surface area contributed by atoms with Gasteiger partial charge in [0.15, 0.2) is 0 Å². The molecule has 2 N–H and O–H groups in total. The molecular formula is C13H18N2. The van der Waals surface area contributed by atoms with Crippen LogP contribution in [0.2, 0.25) is 0 Å². The van der Waals surface area contributed by atoms with Gasteiger partial charge in [0.2, 0.25) is 0 Å². The second-order valence-corrected chi connectivity index (χ2v) is 4.83. The van der Waals surface area contributed by atoms with Crippen LogP contribution in [0.1, 0.15) is 32.1 Å². The van der Waals surface area contributed by atoms with Crippen LogP contribution >= 0.6 is 0 Å². The number of hydrogen-bond acceptors (Lipinski definition) is 2. The maximum atomic E-state index is 3.77. The number of fused-ring (bicyclic) bond motifs is 1.